The maximum absolute atomic E-state index is 5.84. The summed E-state index contributed by atoms with van der Waals surface area (Å²) in [5.41, 5.74) is 1.25. The second-order valence-corrected chi connectivity index (χ2v) is 5.18. The number of hydrogen-bond donors (Lipinski definition) is 1. The first-order chi connectivity index (χ1) is 8.40. The molecule has 0 amide bonds. The van der Waals surface area contributed by atoms with Crippen LogP contribution in [0.1, 0.15) is 44.1 Å². The van der Waals surface area contributed by atoms with Crippen LogP contribution < -0.4 is 10.1 Å². The predicted octanol–water partition coefficient (Wildman–Crippen LogP) is 2.66. The molecular formula is C14H20N2O. The SMILES string of the molecule is c1cc(OC2CCCC2)ncc1CNC1CC1. The molecule has 2 aliphatic carbocycles. The summed E-state index contributed by atoms with van der Waals surface area (Å²) in [4.78, 5) is 4.38. The van der Waals surface area contributed by atoms with Gasteiger partial charge in [0.25, 0.3) is 0 Å². The molecule has 0 aromatic carbocycles. The fraction of sp³-hybridized carbons (Fsp3) is 0.643. The largest absolute Gasteiger partial charge is 0.474 e. The van der Waals surface area contributed by atoms with Gasteiger partial charge in [-0.25, -0.2) is 4.98 Å². The average molecular weight is 232 g/mol. The summed E-state index contributed by atoms with van der Waals surface area (Å²) in [6.07, 6.45) is 9.96. The van der Waals surface area contributed by atoms with Crippen LogP contribution >= 0.6 is 0 Å². The fourth-order valence-electron chi connectivity index (χ4n) is 2.31. The Morgan fingerprint density at radius 2 is 2.00 bits per heavy atom. The third-order valence-electron chi connectivity index (χ3n) is 3.56. The minimum atomic E-state index is 0.401. The number of nitrogens with zero attached hydrogens (tertiary/aromatic N) is 1. The van der Waals surface area contributed by atoms with Crippen molar-refractivity contribution in [3.8, 4) is 5.88 Å². The van der Waals surface area contributed by atoms with E-state index in [0.29, 0.717) is 6.10 Å². The molecule has 0 saturated heterocycles. The molecule has 1 heterocycles. The van der Waals surface area contributed by atoms with Gasteiger partial charge in [-0.2, -0.15) is 0 Å². The number of aromatic nitrogens is 1. The number of rotatable bonds is 5. The molecule has 1 aromatic heterocycles. The lowest BCUT2D eigenvalue weighted by Crippen LogP contribution is -2.15. The minimum absolute atomic E-state index is 0.401. The molecule has 0 bridgehead atoms. The Hall–Kier alpha value is -1.09. The molecule has 1 aromatic rings. The Morgan fingerprint density at radius 3 is 2.65 bits per heavy atom. The normalized spacial score (nSPS) is 20.7. The van der Waals surface area contributed by atoms with Crippen molar-refractivity contribution in [3.63, 3.8) is 0 Å². The van der Waals surface area contributed by atoms with E-state index in [1.54, 1.807) is 0 Å². The smallest absolute Gasteiger partial charge is 0.213 e. The molecule has 0 radical (unpaired) electrons. The van der Waals surface area contributed by atoms with Crippen LogP contribution in [0.4, 0.5) is 0 Å². The summed E-state index contributed by atoms with van der Waals surface area (Å²) in [5, 5.41) is 3.48. The summed E-state index contributed by atoms with van der Waals surface area (Å²) in [6, 6.07) is 4.87. The number of nitrogens with one attached hydrogen (secondary N) is 1. The Labute approximate surface area is 103 Å². The van der Waals surface area contributed by atoms with Crippen molar-refractivity contribution in [2.24, 2.45) is 0 Å². The van der Waals surface area contributed by atoms with Crippen molar-refractivity contribution in [2.75, 3.05) is 0 Å². The first kappa shape index (κ1) is 11.0. The van der Waals surface area contributed by atoms with Gasteiger partial charge in [0.05, 0.1) is 0 Å². The molecule has 2 aliphatic rings. The van der Waals surface area contributed by atoms with Crippen molar-refractivity contribution in [1.29, 1.82) is 0 Å². The van der Waals surface area contributed by atoms with E-state index in [0.717, 1.165) is 18.5 Å². The lowest BCUT2D eigenvalue weighted by atomic mass is 10.3. The third-order valence-corrected chi connectivity index (χ3v) is 3.56. The zero-order chi connectivity index (χ0) is 11.5. The van der Waals surface area contributed by atoms with Gasteiger partial charge in [-0.15, -0.1) is 0 Å². The zero-order valence-corrected chi connectivity index (χ0v) is 10.2. The molecule has 1 N–H and O–H groups in total. The Bertz CT molecular complexity index is 353. The van der Waals surface area contributed by atoms with E-state index in [1.807, 2.05) is 12.3 Å². The van der Waals surface area contributed by atoms with Crippen LogP contribution in [0.3, 0.4) is 0 Å². The van der Waals surface area contributed by atoms with Gasteiger partial charge in [0, 0.05) is 24.8 Å². The minimum Gasteiger partial charge on any atom is -0.474 e. The number of pyridine rings is 1. The zero-order valence-electron chi connectivity index (χ0n) is 10.2. The number of ether oxygens (including phenoxy) is 1. The first-order valence-electron chi connectivity index (χ1n) is 6.75. The second kappa shape index (κ2) is 5.05. The van der Waals surface area contributed by atoms with Gasteiger partial charge in [-0.05, 0) is 44.1 Å². The van der Waals surface area contributed by atoms with Crippen LogP contribution in [-0.2, 0) is 6.54 Å². The first-order valence-corrected chi connectivity index (χ1v) is 6.75. The molecule has 0 spiro atoms. The molecule has 3 rings (SSSR count). The highest BCUT2D eigenvalue weighted by atomic mass is 16.5. The second-order valence-electron chi connectivity index (χ2n) is 5.18. The van der Waals surface area contributed by atoms with Crippen LogP contribution in [0, 0.1) is 0 Å². The Balaban J connectivity index is 1.51. The van der Waals surface area contributed by atoms with E-state index in [9.17, 15) is 0 Å². The van der Waals surface area contributed by atoms with Crippen LogP contribution in [0.25, 0.3) is 0 Å². The summed E-state index contributed by atoms with van der Waals surface area (Å²) in [6.45, 7) is 0.932. The van der Waals surface area contributed by atoms with Crippen molar-refractivity contribution in [3.05, 3.63) is 23.9 Å². The van der Waals surface area contributed by atoms with Crippen molar-refractivity contribution >= 4 is 0 Å². The molecule has 0 aliphatic heterocycles. The monoisotopic (exact) mass is 232 g/mol. The maximum Gasteiger partial charge on any atom is 0.213 e. The summed E-state index contributed by atoms with van der Waals surface area (Å²) < 4.78 is 5.84. The van der Waals surface area contributed by atoms with Gasteiger partial charge in [0.15, 0.2) is 0 Å². The Kier molecular flexibility index (Phi) is 3.27. The van der Waals surface area contributed by atoms with Gasteiger partial charge in [0.2, 0.25) is 5.88 Å². The molecule has 92 valence electrons. The standard InChI is InChI=1S/C14H20N2O/c1-2-4-13(3-1)17-14-8-5-11(10-16-14)9-15-12-6-7-12/h5,8,10,12-13,15H,1-4,6-7,9H2. The van der Waals surface area contributed by atoms with E-state index >= 15 is 0 Å². The highest BCUT2D eigenvalue weighted by molar-refractivity contribution is 5.18. The molecule has 0 atom stereocenters. The Morgan fingerprint density at radius 1 is 1.18 bits per heavy atom. The van der Waals surface area contributed by atoms with E-state index in [1.165, 1.54) is 44.1 Å². The quantitative estimate of drug-likeness (QED) is 0.847. The van der Waals surface area contributed by atoms with Crippen molar-refractivity contribution < 1.29 is 4.74 Å². The van der Waals surface area contributed by atoms with Gasteiger partial charge < -0.3 is 10.1 Å². The highest BCUT2D eigenvalue weighted by Gasteiger charge is 2.20. The van der Waals surface area contributed by atoms with Crippen molar-refractivity contribution in [1.82, 2.24) is 10.3 Å². The van der Waals surface area contributed by atoms with Gasteiger partial charge in [-0.3, -0.25) is 0 Å². The summed E-state index contributed by atoms with van der Waals surface area (Å²) in [7, 11) is 0. The molecule has 3 heteroatoms. The molecule has 3 nitrogen and oxygen atoms in total. The van der Waals surface area contributed by atoms with E-state index < -0.39 is 0 Å². The molecule has 2 saturated carbocycles. The molecule has 0 unspecified atom stereocenters. The van der Waals surface area contributed by atoms with Crippen molar-refractivity contribution in [2.45, 2.75) is 57.2 Å². The van der Waals surface area contributed by atoms with Gasteiger partial charge in [-0.1, -0.05) is 6.07 Å². The lowest BCUT2D eigenvalue weighted by molar-refractivity contribution is 0.201. The topological polar surface area (TPSA) is 34.1 Å². The molecular weight excluding hydrogens is 212 g/mol. The van der Waals surface area contributed by atoms with Gasteiger partial charge in [0.1, 0.15) is 6.10 Å². The molecule has 17 heavy (non-hydrogen) atoms. The van der Waals surface area contributed by atoms with E-state index in [-0.39, 0.29) is 0 Å². The average Bonchev–Trinajstić information content (AvgIpc) is 3.05. The van der Waals surface area contributed by atoms with Gasteiger partial charge >= 0.3 is 0 Å². The predicted molar refractivity (Wildman–Crippen MR) is 67.0 cm³/mol. The van der Waals surface area contributed by atoms with Crippen LogP contribution in [-0.4, -0.2) is 17.1 Å². The fourth-order valence-corrected chi connectivity index (χ4v) is 2.31. The lowest BCUT2D eigenvalue weighted by Gasteiger charge is -2.12. The summed E-state index contributed by atoms with van der Waals surface area (Å²) >= 11 is 0. The van der Waals surface area contributed by atoms with Crippen LogP contribution in [0.2, 0.25) is 0 Å². The van der Waals surface area contributed by atoms with E-state index in [2.05, 4.69) is 16.4 Å². The number of hydrogen-bond acceptors (Lipinski definition) is 3. The van der Waals surface area contributed by atoms with E-state index in [4.69, 9.17) is 4.74 Å². The molecule has 2 fully saturated rings. The highest BCUT2D eigenvalue weighted by Crippen LogP contribution is 2.23. The third kappa shape index (κ3) is 3.19. The van der Waals surface area contributed by atoms with Crippen LogP contribution in [0.15, 0.2) is 18.3 Å². The van der Waals surface area contributed by atoms with Crippen LogP contribution in [0.5, 0.6) is 5.88 Å². The summed E-state index contributed by atoms with van der Waals surface area (Å²) in [5.74, 6) is 0.784. The maximum atomic E-state index is 5.84.